The lowest BCUT2D eigenvalue weighted by Gasteiger charge is -2.28. The Morgan fingerprint density at radius 3 is 1.94 bits per heavy atom. The Bertz CT molecular complexity index is 265. The molecule has 0 bridgehead atoms. The van der Waals surface area contributed by atoms with Crippen LogP contribution in [0.15, 0.2) is 0 Å². The maximum atomic E-state index is 11.9. The SMILES string of the molecule is CCCOC(=O)CC(C(=O)OCCC)C(C)(C)C. The van der Waals surface area contributed by atoms with Crippen molar-refractivity contribution in [1.82, 2.24) is 0 Å². The molecule has 0 aliphatic carbocycles. The second kappa shape index (κ2) is 8.11. The number of rotatable bonds is 7. The van der Waals surface area contributed by atoms with E-state index in [1.165, 1.54) is 0 Å². The zero-order chi connectivity index (χ0) is 14.2. The summed E-state index contributed by atoms with van der Waals surface area (Å²) in [7, 11) is 0. The highest BCUT2D eigenvalue weighted by atomic mass is 16.5. The predicted molar refractivity (Wildman–Crippen MR) is 70.1 cm³/mol. The van der Waals surface area contributed by atoms with Gasteiger partial charge in [-0.2, -0.15) is 0 Å². The predicted octanol–water partition coefficient (Wildman–Crippen LogP) is 2.95. The molecule has 4 nitrogen and oxygen atoms in total. The highest BCUT2D eigenvalue weighted by Gasteiger charge is 2.34. The van der Waals surface area contributed by atoms with Gasteiger partial charge in [0.1, 0.15) is 0 Å². The molecule has 0 heterocycles. The fourth-order valence-electron chi connectivity index (χ4n) is 1.49. The van der Waals surface area contributed by atoms with Crippen LogP contribution in [0.2, 0.25) is 0 Å². The molecule has 4 heteroatoms. The van der Waals surface area contributed by atoms with E-state index < -0.39 is 5.92 Å². The molecule has 0 spiro atoms. The van der Waals surface area contributed by atoms with E-state index in [-0.39, 0.29) is 23.8 Å². The Kier molecular flexibility index (Phi) is 7.64. The van der Waals surface area contributed by atoms with E-state index in [1.54, 1.807) is 0 Å². The van der Waals surface area contributed by atoms with Crippen LogP contribution >= 0.6 is 0 Å². The minimum Gasteiger partial charge on any atom is -0.466 e. The first-order chi connectivity index (χ1) is 8.32. The summed E-state index contributed by atoms with van der Waals surface area (Å²) in [5.41, 5.74) is -0.309. The molecule has 0 amide bonds. The summed E-state index contributed by atoms with van der Waals surface area (Å²) in [6, 6.07) is 0. The van der Waals surface area contributed by atoms with Crippen LogP contribution in [0.3, 0.4) is 0 Å². The van der Waals surface area contributed by atoms with Gasteiger partial charge in [-0.3, -0.25) is 9.59 Å². The molecule has 0 saturated heterocycles. The summed E-state index contributed by atoms with van der Waals surface area (Å²) in [6.45, 7) is 10.5. The van der Waals surface area contributed by atoms with Crippen molar-refractivity contribution < 1.29 is 19.1 Å². The third-order valence-electron chi connectivity index (χ3n) is 2.62. The third kappa shape index (κ3) is 6.62. The molecule has 0 saturated carbocycles. The summed E-state index contributed by atoms with van der Waals surface area (Å²) < 4.78 is 10.2. The Balaban J connectivity index is 4.50. The van der Waals surface area contributed by atoms with Crippen molar-refractivity contribution in [1.29, 1.82) is 0 Å². The van der Waals surface area contributed by atoms with Gasteiger partial charge in [-0.15, -0.1) is 0 Å². The van der Waals surface area contributed by atoms with Gasteiger partial charge in [-0.1, -0.05) is 34.6 Å². The monoisotopic (exact) mass is 258 g/mol. The smallest absolute Gasteiger partial charge is 0.310 e. The minimum atomic E-state index is -0.451. The van der Waals surface area contributed by atoms with Gasteiger partial charge in [0.05, 0.1) is 25.6 Å². The van der Waals surface area contributed by atoms with Gasteiger partial charge in [0.15, 0.2) is 0 Å². The van der Waals surface area contributed by atoms with E-state index in [2.05, 4.69) is 0 Å². The zero-order valence-electron chi connectivity index (χ0n) is 12.2. The lowest BCUT2D eigenvalue weighted by atomic mass is 9.79. The van der Waals surface area contributed by atoms with Crippen molar-refractivity contribution in [3.05, 3.63) is 0 Å². The number of esters is 2. The van der Waals surface area contributed by atoms with Gasteiger partial charge in [-0.25, -0.2) is 0 Å². The van der Waals surface area contributed by atoms with Crippen molar-refractivity contribution in [3.63, 3.8) is 0 Å². The van der Waals surface area contributed by atoms with E-state index in [0.29, 0.717) is 13.2 Å². The van der Waals surface area contributed by atoms with Gasteiger partial charge in [-0.05, 0) is 18.3 Å². The van der Waals surface area contributed by atoms with E-state index in [0.717, 1.165) is 12.8 Å². The average molecular weight is 258 g/mol. The molecule has 0 aromatic rings. The molecule has 18 heavy (non-hydrogen) atoms. The Hall–Kier alpha value is -1.06. The topological polar surface area (TPSA) is 52.6 Å². The Labute approximate surface area is 110 Å². The standard InChI is InChI=1S/C14H26O4/c1-6-8-17-12(15)10-11(14(3,4)5)13(16)18-9-7-2/h11H,6-10H2,1-5H3. The highest BCUT2D eigenvalue weighted by Crippen LogP contribution is 2.30. The normalized spacial score (nSPS) is 12.9. The van der Waals surface area contributed by atoms with Gasteiger partial charge in [0.25, 0.3) is 0 Å². The number of carbonyl (C=O) groups is 2. The first kappa shape index (κ1) is 16.9. The average Bonchev–Trinajstić information content (AvgIpc) is 2.28. The van der Waals surface area contributed by atoms with Crippen LogP contribution in [0.1, 0.15) is 53.9 Å². The number of hydrogen-bond acceptors (Lipinski definition) is 4. The fraction of sp³-hybridized carbons (Fsp3) is 0.857. The van der Waals surface area contributed by atoms with Crippen LogP contribution in [0.5, 0.6) is 0 Å². The Morgan fingerprint density at radius 2 is 1.50 bits per heavy atom. The van der Waals surface area contributed by atoms with Crippen LogP contribution in [-0.4, -0.2) is 25.2 Å². The maximum Gasteiger partial charge on any atom is 0.310 e. The zero-order valence-corrected chi connectivity index (χ0v) is 12.2. The van der Waals surface area contributed by atoms with Crippen molar-refractivity contribution in [3.8, 4) is 0 Å². The lowest BCUT2D eigenvalue weighted by molar-refractivity contribution is -0.159. The first-order valence-corrected chi connectivity index (χ1v) is 6.65. The minimum absolute atomic E-state index is 0.0893. The van der Waals surface area contributed by atoms with Crippen LogP contribution in [0.25, 0.3) is 0 Å². The molecule has 0 aliphatic rings. The molecule has 0 rings (SSSR count). The largest absolute Gasteiger partial charge is 0.466 e. The van der Waals surface area contributed by atoms with Crippen molar-refractivity contribution in [2.24, 2.45) is 11.3 Å². The maximum absolute atomic E-state index is 11.9. The van der Waals surface area contributed by atoms with Gasteiger partial charge < -0.3 is 9.47 Å². The number of ether oxygens (including phenoxy) is 2. The van der Waals surface area contributed by atoms with E-state index in [9.17, 15) is 9.59 Å². The van der Waals surface area contributed by atoms with Crippen LogP contribution < -0.4 is 0 Å². The van der Waals surface area contributed by atoms with Crippen molar-refractivity contribution >= 4 is 11.9 Å². The van der Waals surface area contributed by atoms with Crippen LogP contribution in [0.4, 0.5) is 0 Å². The molecule has 0 aliphatic heterocycles. The molecule has 0 N–H and O–H groups in total. The van der Waals surface area contributed by atoms with Crippen molar-refractivity contribution in [2.45, 2.75) is 53.9 Å². The van der Waals surface area contributed by atoms with E-state index in [1.807, 2.05) is 34.6 Å². The summed E-state index contributed by atoms with van der Waals surface area (Å²) >= 11 is 0. The Morgan fingerprint density at radius 1 is 1.00 bits per heavy atom. The molecule has 1 unspecified atom stereocenters. The number of carbonyl (C=O) groups excluding carboxylic acids is 2. The third-order valence-corrected chi connectivity index (χ3v) is 2.62. The molecule has 0 aromatic carbocycles. The van der Waals surface area contributed by atoms with Gasteiger partial charge >= 0.3 is 11.9 Å². The molecule has 106 valence electrons. The quantitative estimate of drug-likeness (QED) is 0.659. The molecular weight excluding hydrogens is 232 g/mol. The summed E-state index contributed by atoms with van der Waals surface area (Å²) in [6.07, 6.45) is 1.65. The second-order valence-electron chi connectivity index (χ2n) is 5.51. The number of hydrogen-bond donors (Lipinski definition) is 0. The fourth-order valence-corrected chi connectivity index (χ4v) is 1.49. The van der Waals surface area contributed by atoms with Crippen LogP contribution in [-0.2, 0) is 19.1 Å². The first-order valence-electron chi connectivity index (χ1n) is 6.65. The summed E-state index contributed by atoms with van der Waals surface area (Å²) in [4.78, 5) is 23.5. The summed E-state index contributed by atoms with van der Waals surface area (Å²) in [5, 5.41) is 0. The van der Waals surface area contributed by atoms with E-state index in [4.69, 9.17) is 9.47 Å². The molecule has 1 atom stereocenters. The molecule has 0 aromatic heterocycles. The van der Waals surface area contributed by atoms with Crippen LogP contribution in [0, 0.1) is 11.3 Å². The second-order valence-corrected chi connectivity index (χ2v) is 5.51. The summed E-state index contributed by atoms with van der Waals surface area (Å²) in [5.74, 6) is -1.09. The molecule has 0 radical (unpaired) electrons. The van der Waals surface area contributed by atoms with E-state index >= 15 is 0 Å². The van der Waals surface area contributed by atoms with Crippen molar-refractivity contribution in [2.75, 3.05) is 13.2 Å². The highest BCUT2D eigenvalue weighted by molar-refractivity contribution is 5.80. The van der Waals surface area contributed by atoms with Gasteiger partial charge in [0.2, 0.25) is 0 Å². The lowest BCUT2D eigenvalue weighted by Crippen LogP contribution is -2.33. The molecular formula is C14H26O4. The molecule has 0 fully saturated rings. The van der Waals surface area contributed by atoms with Gasteiger partial charge in [0, 0.05) is 0 Å².